The van der Waals surface area contributed by atoms with E-state index in [1.54, 1.807) is 0 Å². The third-order valence-electron chi connectivity index (χ3n) is 4.67. The van der Waals surface area contributed by atoms with Crippen molar-refractivity contribution >= 4 is 22.4 Å². The minimum absolute atomic E-state index is 0.542. The number of benzene rings is 3. The van der Waals surface area contributed by atoms with Crippen molar-refractivity contribution in [1.29, 1.82) is 5.26 Å². The molecular weight excluding hydrogens is 324 g/mol. The van der Waals surface area contributed by atoms with Crippen LogP contribution < -0.4 is 4.90 Å². The molecule has 0 aromatic heterocycles. The van der Waals surface area contributed by atoms with Crippen molar-refractivity contribution in [3.05, 3.63) is 77.9 Å². The van der Waals surface area contributed by atoms with E-state index < -0.39 is 17.8 Å². The van der Waals surface area contributed by atoms with E-state index in [4.69, 9.17) is 0 Å². The quantitative estimate of drug-likeness (QED) is 0.751. The van der Waals surface area contributed by atoms with Gasteiger partial charge in [-0.05, 0) is 34.0 Å². The van der Waals surface area contributed by atoms with Crippen molar-refractivity contribution in [2.24, 2.45) is 5.92 Å². The monoisotopic (exact) mass is 344 g/mol. The van der Waals surface area contributed by atoms with E-state index in [1.807, 2.05) is 91.8 Å². The minimum Gasteiger partial charge on any atom is -0.480 e. The number of carboxylic acid groups (broad SMARTS) is 1. The van der Waals surface area contributed by atoms with Crippen molar-refractivity contribution in [1.82, 2.24) is 0 Å². The van der Waals surface area contributed by atoms with Crippen molar-refractivity contribution in [3.8, 4) is 6.07 Å². The summed E-state index contributed by atoms with van der Waals surface area (Å²) in [4.78, 5) is 13.8. The van der Waals surface area contributed by atoms with Gasteiger partial charge < -0.3 is 10.0 Å². The topological polar surface area (TPSA) is 64.3 Å². The first-order chi connectivity index (χ1) is 12.5. The summed E-state index contributed by atoms with van der Waals surface area (Å²) in [6, 6.07) is 23.4. The predicted molar refractivity (Wildman–Crippen MR) is 103 cm³/mol. The third-order valence-corrected chi connectivity index (χ3v) is 4.67. The second-order valence-electron chi connectivity index (χ2n) is 6.48. The highest BCUT2D eigenvalue weighted by Crippen LogP contribution is 2.37. The molecule has 130 valence electrons. The van der Waals surface area contributed by atoms with E-state index in [1.165, 1.54) is 0 Å². The highest BCUT2D eigenvalue weighted by molar-refractivity contribution is 5.88. The van der Waals surface area contributed by atoms with E-state index in [-0.39, 0.29) is 0 Å². The smallest absolute Gasteiger partial charge is 0.321 e. The van der Waals surface area contributed by atoms with Crippen LogP contribution in [0.2, 0.25) is 0 Å². The first-order valence-electron chi connectivity index (χ1n) is 8.40. The normalized spacial score (nSPS) is 13.0. The van der Waals surface area contributed by atoms with Gasteiger partial charge in [0.15, 0.2) is 5.92 Å². The standard InChI is InChI=1S/C22H20N2O2/c1-24(2)17-12-10-16(11-13-17)21(20(14-23)22(25)26)19-9-5-7-15-6-3-4-8-18(15)19/h3-13,20-21H,1-2H3,(H,25,26). The Morgan fingerprint density at radius 2 is 1.65 bits per heavy atom. The Hall–Kier alpha value is -3.32. The van der Waals surface area contributed by atoms with Gasteiger partial charge in [0.25, 0.3) is 0 Å². The summed E-state index contributed by atoms with van der Waals surface area (Å²) < 4.78 is 0. The van der Waals surface area contributed by atoms with Gasteiger partial charge in [-0.3, -0.25) is 4.79 Å². The number of nitrogens with zero attached hydrogens (tertiary/aromatic N) is 2. The molecule has 3 aromatic carbocycles. The zero-order chi connectivity index (χ0) is 18.7. The van der Waals surface area contributed by atoms with E-state index in [2.05, 4.69) is 0 Å². The van der Waals surface area contributed by atoms with Crippen LogP contribution in [0.1, 0.15) is 17.0 Å². The molecule has 0 heterocycles. The summed E-state index contributed by atoms with van der Waals surface area (Å²) in [5.41, 5.74) is 2.70. The molecule has 0 aliphatic carbocycles. The molecular formula is C22H20N2O2. The average Bonchev–Trinajstić information content (AvgIpc) is 2.65. The Morgan fingerprint density at radius 1 is 1.00 bits per heavy atom. The zero-order valence-electron chi connectivity index (χ0n) is 14.8. The van der Waals surface area contributed by atoms with Gasteiger partial charge in [0.05, 0.1) is 6.07 Å². The molecule has 0 spiro atoms. The molecule has 0 aliphatic rings. The first kappa shape index (κ1) is 17.5. The molecule has 3 aromatic rings. The van der Waals surface area contributed by atoms with Crippen LogP contribution >= 0.6 is 0 Å². The number of nitriles is 1. The van der Waals surface area contributed by atoms with Crippen molar-refractivity contribution in [2.75, 3.05) is 19.0 Å². The Balaban J connectivity index is 2.21. The van der Waals surface area contributed by atoms with Crippen LogP contribution in [0.4, 0.5) is 5.69 Å². The summed E-state index contributed by atoms with van der Waals surface area (Å²) >= 11 is 0. The second-order valence-corrected chi connectivity index (χ2v) is 6.48. The van der Waals surface area contributed by atoms with Crippen molar-refractivity contribution in [3.63, 3.8) is 0 Å². The van der Waals surface area contributed by atoms with Crippen LogP contribution in [0.25, 0.3) is 10.8 Å². The molecule has 4 heteroatoms. The lowest BCUT2D eigenvalue weighted by Gasteiger charge is -2.23. The largest absolute Gasteiger partial charge is 0.480 e. The fourth-order valence-corrected chi connectivity index (χ4v) is 3.33. The Kier molecular flexibility index (Phi) is 4.90. The van der Waals surface area contributed by atoms with Crippen LogP contribution in [0, 0.1) is 17.2 Å². The fourth-order valence-electron chi connectivity index (χ4n) is 3.33. The van der Waals surface area contributed by atoms with Gasteiger partial charge in [-0.25, -0.2) is 0 Å². The molecule has 0 saturated carbocycles. The predicted octanol–water partition coefficient (Wildman–Crippen LogP) is 4.26. The molecule has 0 fully saturated rings. The van der Waals surface area contributed by atoms with E-state index in [0.717, 1.165) is 27.6 Å². The minimum atomic E-state index is -1.16. The molecule has 4 nitrogen and oxygen atoms in total. The average molecular weight is 344 g/mol. The first-order valence-corrected chi connectivity index (χ1v) is 8.40. The highest BCUT2D eigenvalue weighted by Gasteiger charge is 2.32. The number of fused-ring (bicyclic) bond motifs is 1. The van der Waals surface area contributed by atoms with Gasteiger partial charge in [0, 0.05) is 25.7 Å². The second kappa shape index (κ2) is 7.28. The molecule has 3 rings (SSSR count). The third kappa shape index (κ3) is 3.25. The number of rotatable bonds is 5. The van der Waals surface area contributed by atoms with Gasteiger partial charge in [-0.2, -0.15) is 5.26 Å². The van der Waals surface area contributed by atoms with E-state index in [9.17, 15) is 15.2 Å². The SMILES string of the molecule is CN(C)c1ccc(C(c2cccc3ccccc23)C(C#N)C(=O)O)cc1. The van der Waals surface area contributed by atoms with Gasteiger partial charge in [0.2, 0.25) is 0 Å². The summed E-state index contributed by atoms with van der Waals surface area (Å²) in [6.07, 6.45) is 0. The number of aliphatic carboxylic acids is 1. The molecule has 0 bridgehead atoms. The van der Waals surface area contributed by atoms with E-state index in [0.29, 0.717) is 0 Å². The molecule has 2 unspecified atom stereocenters. The Bertz CT molecular complexity index is 966. The van der Waals surface area contributed by atoms with Crippen LogP contribution in [-0.2, 0) is 4.79 Å². The molecule has 0 amide bonds. The number of carbonyl (C=O) groups is 1. The lowest BCUT2D eigenvalue weighted by atomic mass is 9.79. The van der Waals surface area contributed by atoms with Gasteiger partial charge >= 0.3 is 5.97 Å². The maximum atomic E-state index is 11.8. The molecule has 0 aliphatic heterocycles. The molecule has 2 atom stereocenters. The lowest BCUT2D eigenvalue weighted by molar-refractivity contribution is -0.140. The molecule has 0 radical (unpaired) electrons. The number of carboxylic acids is 1. The van der Waals surface area contributed by atoms with Crippen LogP contribution in [0.3, 0.4) is 0 Å². The molecule has 26 heavy (non-hydrogen) atoms. The van der Waals surface area contributed by atoms with Crippen LogP contribution in [0.15, 0.2) is 66.7 Å². The number of hydrogen-bond acceptors (Lipinski definition) is 3. The maximum absolute atomic E-state index is 11.8. The molecule has 0 saturated heterocycles. The van der Waals surface area contributed by atoms with Gasteiger partial charge in [-0.15, -0.1) is 0 Å². The lowest BCUT2D eigenvalue weighted by Crippen LogP contribution is -2.22. The molecule has 1 N–H and O–H groups in total. The van der Waals surface area contributed by atoms with Crippen molar-refractivity contribution < 1.29 is 9.90 Å². The Morgan fingerprint density at radius 3 is 2.27 bits per heavy atom. The van der Waals surface area contributed by atoms with Gasteiger partial charge in [0.1, 0.15) is 0 Å². The zero-order valence-corrected chi connectivity index (χ0v) is 14.8. The Labute approximate surface area is 152 Å². The summed E-state index contributed by atoms with van der Waals surface area (Å²) in [6.45, 7) is 0. The maximum Gasteiger partial charge on any atom is 0.321 e. The fraction of sp³-hybridized carbons (Fsp3) is 0.182. The summed E-state index contributed by atoms with van der Waals surface area (Å²) in [7, 11) is 3.90. The van der Waals surface area contributed by atoms with Crippen LogP contribution in [-0.4, -0.2) is 25.2 Å². The van der Waals surface area contributed by atoms with Gasteiger partial charge in [-0.1, -0.05) is 54.6 Å². The van der Waals surface area contributed by atoms with Crippen LogP contribution in [0.5, 0.6) is 0 Å². The highest BCUT2D eigenvalue weighted by atomic mass is 16.4. The summed E-state index contributed by atoms with van der Waals surface area (Å²) in [5, 5.41) is 21.2. The number of anilines is 1. The van der Waals surface area contributed by atoms with E-state index >= 15 is 0 Å². The summed E-state index contributed by atoms with van der Waals surface area (Å²) in [5.74, 6) is -2.81. The van der Waals surface area contributed by atoms with Crippen molar-refractivity contribution in [2.45, 2.75) is 5.92 Å². The number of hydrogen-bond donors (Lipinski definition) is 1.